The third-order valence-electron chi connectivity index (χ3n) is 3.01. The van der Waals surface area contributed by atoms with Crippen LogP contribution in [0.25, 0.3) is 0 Å². The number of H-pyrrole nitrogens is 1. The normalized spacial score (nSPS) is 18.5. The Hall–Kier alpha value is -2.14. The maximum Gasteiger partial charge on any atom is 0.250 e. The van der Waals surface area contributed by atoms with Crippen LogP contribution in [0.15, 0.2) is 0 Å². The first-order valence-corrected chi connectivity index (χ1v) is 6.30. The van der Waals surface area contributed by atoms with Crippen molar-refractivity contribution in [3.05, 3.63) is 11.3 Å². The topological polar surface area (TPSA) is 111 Å². The first kappa shape index (κ1) is 13.3. The summed E-state index contributed by atoms with van der Waals surface area (Å²) in [7, 11) is 0. The van der Waals surface area contributed by atoms with Gasteiger partial charge in [-0.25, -0.2) is 0 Å². The molecule has 1 atom stereocenters. The second kappa shape index (κ2) is 5.24. The van der Waals surface area contributed by atoms with E-state index in [-0.39, 0.29) is 17.8 Å². The fourth-order valence-corrected chi connectivity index (χ4v) is 2.34. The number of hydrogen-bond donors (Lipinski definition) is 3. The van der Waals surface area contributed by atoms with Gasteiger partial charge in [-0.05, 0) is 32.0 Å². The number of nitriles is 1. The zero-order valence-electron chi connectivity index (χ0n) is 10.4. The maximum absolute atomic E-state index is 11.8. The van der Waals surface area contributed by atoms with Gasteiger partial charge in [0.05, 0.1) is 5.69 Å². The molecule has 0 saturated carbocycles. The number of amides is 1. The number of nitrogens with two attached hydrogens (primary N) is 1. The number of nitrogens with zero attached hydrogens (tertiary/aromatic N) is 3. The minimum absolute atomic E-state index is 0.0189. The number of nitrogens with one attached hydrogen (secondary N) is 2. The lowest BCUT2D eigenvalue weighted by molar-refractivity contribution is -0.126. The zero-order valence-corrected chi connectivity index (χ0v) is 11.3. The fraction of sp³-hybridized carbons (Fsp3) is 0.455. The molecule has 1 amide bonds. The second-order valence-corrected chi connectivity index (χ2v) is 4.73. The Balaban J connectivity index is 1.92. The number of anilines is 1. The third-order valence-corrected chi connectivity index (χ3v) is 3.35. The van der Waals surface area contributed by atoms with Gasteiger partial charge in [-0.3, -0.25) is 14.8 Å². The van der Waals surface area contributed by atoms with Gasteiger partial charge < -0.3 is 11.1 Å². The van der Waals surface area contributed by atoms with Crippen molar-refractivity contribution < 1.29 is 4.79 Å². The summed E-state index contributed by atoms with van der Waals surface area (Å²) < 4.78 is 0. The van der Waals surface area contributed by atoms with Crippen LogP contribution in [-0.2, 0) is 11.2 Å². The lowest BCUT2D eigenvalue weighted by atomic mass is 10.1. The van der Waals surface area contributed by atoms with Crippen molar-refractivity contribution in [3.8, 4) is 6.07 Å². The Kier molecular flexibility index (Phi) is 3.66. The first-order valence-electron chi connectivity index (χ1n) is 5.89. The summed E-state index contributed by atoms with van der Waals surface area (Å²) in [5.41, 5.74) is 6.62. The van der Waals surface area contributed by atoms with Crippen molar-refractivity contribution >= 4 is 29.1 Å². The lowest BCUT2D eigenvalue weighted by Gasteiger charge is -2.13. The molecule has 1 aliphatic heterocycles. The Morgan fingerprint density at radius 3 is 2.95 bits per heavy atom. The van der Waals surface area contributed by atoms with E-state index in [2.05, 4.69) is 15.5 Å². The molecule has 1 aliphatic rings. The number of rotatable bonds is 4. The van der Waals surface area contributed by atoms with E-state index in [9.17, 15) is 4.79 Å². The summed E-state index contributed by atoms with van der Waals surface area (Å²) in [6.07, 6.45) is 1.27. The molecule has 0 bridgehead atoms. The van der Waals surface area contributed by atoms with Crippen LogP contribution in [0.1, 0.15) is 24.6 Å². The van der Waals surface area contributed by atoms with Crippen LogP contribution in [0.5, 0.6) is 0 Å². The highest BCUT2D eigenvalue weighted by atomic mass is 32.1. The fourth-order valence-electron chi connectivity index (χ4n) is 1.98. The average Bonchev–Trinajstić information content (AvgIpc) is 2.84. The maximum atomic E-state index is 11.8. The highest BCUT2D eigenvalue weighted by molar-refractivity contribution is 7.80. The van der Waals surface area contributed by atoms with E-state index in [1.54, 1.807) is 11.8 Å². The predicted molar refractivity (Wildman–Crippen MR) is 72.9 cm³/mol. The van der Waals surface area contributed by atoms with Crippen LogP contribution in [0.2, 0.25) is 0 Å². The summed E-state index contributed by atoms with van der Waals surface area (Å²) in [5.74, 6) is 0.190. The standard InChI is InChI=1S/C11H14N6OS/c1-6-10(18)17(11(19)14-6)4-2-3-8-7(5-12)9(13)16-15-8/h6H,2-4H2,1H3,(H,14,19)(H3,13,15,16)/t6-/m0/s1. The Morgan fingerprint density at radius 1 is 1.63 bits per heavy atom. The molecule has 2 heterocycles. The molecule has 1 fully saturated rings. The summed E-state index contributed by atoms with van der Waals surface area (Å²) >= 11 is 5.08. The molecular formula is C11H14N6OS. The van der Waals surface area contributed by atoms with Gasteiger partial charge in [-0.1, -0.05) is 0 Å². The number of aromatic nitrogens is 2. The molecule has 100 valence electrons. The van der Waals surface area contributed by atoms with E-state index in [0.29, 0.717) is 35.8 Å². The van der Waals surface area contributed by atoms with Crippen molar-refractivity contribution in [2.24, 2.45) is 0 Å². The smallest absolute Gasteiger partial charge is 0.250 e. The van der Waals surface area contributed by atoms with Gasteiger partial charge in [-0.15, -0.1) is 0 Å². The SMILES string of the molecule is C[C@@H]1NC(=S)N(CCCc2[nH]nc(N)c2C#N)C1=O. The molecule has 0 aliphatic carbocycles. The number of carbonyl (C=O) groups excluding carboxylic acids is 1. The van der Waals surface area contributed by atoms with Crippen LogP contribution < -0.4 is 11.1 Å². The number of aromatic amines is 1. The summed E-state index contributed by atoms with van der Waals surface area (Å²) in [4.78, 5) is 13.3. The van der Waals surface area contributed by atoms with Gasteiger partial charge in [0.15, 0.2) is 10.9 Å². The molecule has 1 saturated heterocycles. The largest absolute Gasteiger partial charge is 0.381 e. The Morgan fingerprint density at radius 2 is 2.37 bits per heavy atom. The molecule has 0 spiro atoms. The number of thiocarbonyl (C=S) groups is 1. The number of aryl methyl sites for hydroxylation is 1. The highest BCUT2D eigenvalue weighted by Crippen LogP contribution is 2.14. The average molecular weight is 278 g/mol. The molecule has 1 aromatic heterocycles. The number of nitrogen functional groups attached to an aromatic ring is 1. The Bertz CT molecular complexity index is 560. The molecule has 1 aromatic rings. The molecular weight excluding hydrogens is 264 g/mol. The minimum atomic E-state index is -0.259. The van der Waals surface area contributed by atoms with Crippen LogP contribution >= 0.6 is 12.2 Å². The molecule has 7 nitrogen and oxygen atoms in total. The van der Waals surface area contributed by atoms with Crippen LogP contribution in [0.3, 0.4) is 0 Å². The monoisotopic (exact) mass is 278 g/mol. The van der Waals surface area contributed by atoms with E-state index < -0.39 is 0 Å². The molecule has 8 heteroatoms. The summed E-state index contributed by atoms with van der Waals surface area (Å²) in [6, 6.07) is 1.75. The molecule has 2 rings (SSSR count). The number of carbonyl (C=O) groups is 1. The summed E-state index contributed by atoms with van der Waals surface area (Å²) in [6.45, 7) is 2.29. The lowest BCUT2D eigenvalue weighted by Crippen LogP contribution is -2.32. The Labute approximate surface area is 115 Å². The van der Waals surface area contributed by atoms with Crippen molar-refractivity contribution in [2.75, 3.05) is 12.3 Å². The van der Waals surface area contributed by atoms with Crippen LogP contribution in [0, 0.1) is 11.3 Å². The predicted octanol–water partition coefficient (Wildman–Crippen LogP) is -0.0986. The third kappa shape index (κ3) is 2.51. The van der Waals surface area contributed by atoms with Crippen LogP contribution in [-0.4, -0.2) is 38.7 Å². The van der Waals surface area contributed by atoms with Crippen molar-refractivity contribution in [2.45, 2.75) is 25.8 Å². The molecule has 4 N–H and O–H groups in total. The minimum Gasteiger partial charge on any atom is -0.381 e. The molecule has 0 unspecified atom stereocenters. The van der Waals surface area contributed by atoms with Gasteiger partial charge >= 0.3 is 0 Å². The highest BCUT2D eigenvalue weighted by Gasteiger charge is 2.31. The van der Waals surface area contributed by atoms with E-state index in [1.807, 2.05) is 6.07 Å². The van der Waals surface area contributed by atoms with Crippen molar-refractivity contribution in [1.29, 1.82) is 5.26 Å². The zero-order chi connectivity index (χ0) is 14.0. The van der Waals surface area contributed by atoms with Gasteiger partial charge in [0.25, 0.3) is 5.91 Å². The van der Waals surface area contributed by atoms with E-state index in [4.69, 9.17) is 23.2 Å². The second-order valence-electron chi connectivity index (χ2n) is 4.34. The van der Waals surface area contributed by atoms with Crippen molar-refractivity contribution in [3.63, 3.8) is 0 Å². The molecule has 0 aromatic carbocycles. The van der Waals surface area contributed by atoms with Gasteiger partial charge in [0, 0.05) is 6.54 Å². The van der Waals surface area contributed by atoms with E-state index >= 15 is 0 Å². The molecule has 0 radical (unpaired) electrons. The summed E-state index contributed by atoms with van der Waals surface area (Å²) in [5, 5.41) is 18.8. The quantitative estimate of drug-likeness (QED) is 0.663. The van der Waals surface area contributed by atoms with Gasteiger partial charge in [0.2, 0.25) is 0 Å². The number of hydrogen-bond acceptors (Lipinski definition) is 5. The van der Waals surface area contributed by atoms with Gasteiger partial charge in [0.1, 0.15) is 17.7 Å². The first-order chi connectivity index (χ1) is 9.04. The molecule has 19 heavy (non-hydrogen) atoms. The van der Waals surface area contributed by atoms with E-state index in [1.165, 1.54) is 0 Å². The van der Waals surface area contributed by atoms with Crippen molar-refractivity contribution in [1.82, 2.24) is 20.4 Å². The van der Waals surface area contributed by atoms with Gasteiger partial charge in [-0.2, -0.15) is 10.4 Å². The van der Waals surface area contributed by atoms with E-state index in [0.717, 1.165) is 0 Å². The van der Waals surface area contributed by atoms with Crippen LogP contribution in [0.4, 0.5) is 5.82 Å².